The number of aromatic amines is 1. The monoisotopic (exact) mass is 223 g/mol. The molecule has 86 valence electrons. The van der Waals surface area contributed by atoms with E-state index < -0.39 is 11.9 Å². The van der Waals surface area contributed by atoms with Gasteiger partial charge < -0.3 is 15.4 Å². The van der Waals surface area contributed by atoms with Gasteiger partial charge in [0.25, 0.3) is 0 Å². The fourth-order valence-corrected chi connectivity index (χ4v) is 1.66. The fraction of sp³-hybridized carbons (Fsp3) is 0.500. The number of aromatic nitrogens is 2. The number of rotatable bonds is 4. The number of carboxylic acids is 1. The first-order valence-electron chi connectivity index (χ1n) is 5.12. The van der Waals surface area contributed by atoms with Crippen molar-refractivity contribution in [1.29, 1.82) is 0 Å². The predicted octanol–water partition coefficient (Wildman–Crippen LogP) is 0.308. The summed E-state index contributed by atoms with van der Waals surface area (Å²) in [5.74, 6) is -1.33. The minimum atomic E-state index is -0.897. The Morgan fingerprint density at radius 3 is 2.88 bits per heavy atom. The number of hydrogen-bond donors (Lipinski definition) is 3. The number of carbonyl (C=O) groups excluding carboxylic acids is 1. The molecule has 1 aromatic rings. The number of H-pyrrole nitrogens is 1. The van der Waals surface area contributed by atoms with Crippen LogP contribution in [-0.4, -0.2) is 27.0 Å². The molecule has 0 radical (unpaired) electrons. The molecule has 1 aliphatic carbocycles. The maximum Gasteiger partial charge on any atom is 0.307 e. The van der Waals surface area contributed by atoms with Crippen molar-refractivity contribution in [2.75, 3.05) is 0 Å². The molecule has 0 spiro atoms. The van der Waals surface area contributed by atoms with Crippen molar-refractivity contribution < 1.29 is 14.7 Å². The third-order valence-corrected chi connectivity index (χ3v) is 2.73. The second-order valence-corrected chi connectivity index (χ2v) is 3.99. The summed E-state index contributed by atoms with van der Waals surface area (Å²) >= 11 is 0. The lowest BCUT2D eigenvalue weighted by molar-refractivity contribution is -0.140. The van der Waals surface area contributed by atoms with Crippen molar-refractivity contribution in [3.8, 4) is 0 Å². The van der Waals surface area contributed by atoms with Crippen LogP contribution in [0.4, 0.5) is 0 Å². The van der Waals surface area contributed by atoms with Gasteiger partial charge in [0.1, 0.15) is 5.82 Å². The van der Waals surface area contributed by atoms with Gasteiger partial charge in [0.15, 0.2) is 0 Å². The molecular formula is C10H13N3O3. The summed E-state index contributed by atoms with van der Waals surface area (Å²) in [6, 6.07) is -0.224. The van der Waals surface area contributed by atoms with Crippen molar-refractivity contribution in [3.05, 3.63) is 18.2 Å². The van der Waals surface area contributed by atoms with Gasteiger partial charge in [-0.3, -0.25) is 9.59 Å². The van der Waals surface area contributed by atoms with Crippen molar-refractivity contribution in [2.24, 2.45) is 11.8 Å². The fourth-order valence-electron chi connectivity index (χ4n) is 1.66. The highest BCUT2D eigenvalue weighted by atomic mass is 16.4. The summed E-state index contributed by atoms with van der Waals surface area (Å²) < 4.78 is 0. The summed E-state index contributed by atoms with van der Waals surface area (Å²) in [6.07, 6.45) is 3.72. The molecule has 1 aliphatic rings. The van der Waals surface area contributed by atoms with Gasteiger partial charge in [-0.25, -0.2) is 4.98 Å². The Bertz CT molecular complexity index is 401. The standard InChI is InChI=1S/C10H13N3O3/c1-5(8-11-2-3-12-8)13-9(14)6-4-7(6)10(15)16/h2-3,5-7H,4H2,1H3,(H,11,12)(H,13,14)(H,15,16)/t5?,6-,7+/m1/s1. The Hall–Kier alpha value is -1.85. The zero-order valence-corrected chi connectivity index (χ0v) is 8.80. The van der Waals surface area contributed by atoms with E-state index in [1.807, 2.05) is 0 Å². The van der Waals surface area contributed by atoms with Crippen LogP contribution in [0, 0.1) is 11.8 Å². The summed E-state index contributed by atoms with van der Waals surface area (Å²) in [5, 5.41) is 11.4. The van der Waals surface area contributed by atoms with Crippen LogP contribution in [-0.2, 0) is 9.59 Å². The Morgan fingerprint density at radius 1 is 1.62 bits per heavy atom. The van der Waals surface area contributed by atoms with E-state index in [1.165, 1.54) is 0 Å². The molecule has 0 saturated heterocycles. The molecule has 1 aromatic heterocycles. The molecule has 16 heavy (non-hydrogen) atoms. The lowest BCUT2D eigenvalue weighted by atomic mass is 10.2. The lowest BCUT2D eigenvalue weighted by Gasteiger charge is -2.10. The predicted molar refractivity (Wildman–Crippen MR) is 54.4 cm³/mol. The smallest absolute Gasteiger partial charge is 0.307 e. The first-order valence-corrected chi connectivity index (χ1v) is 5.12. The maximum absolute atomic E-state index is 11.6. The van der Waals surface area contributed by atoms with E-state index in [4.69, 9.17) is 5.11 Å². The van der Waals surface area contributed by atoms with Crippen LogP contribution in [0.2, 0.25) is 0 Å². The topological polar surface area (TPSA) is 95.1 Å². The largest absolute Gasteiger partial charge is 0.481 e. The molecule has 1 fully saturated rings. The van der Waals surface area contributed by atoms with E-state index in [0.717, 1.165) is 0 Å². The van der Waals surface area contributed by atoms with Crippen molar-refractivity contribution in [1.82, 2.24) is 15.3 Å². The van der Waals surface area contributed by atoms with E-state index >= 15 is 0 Å². The van der Waals surface area contributed by atoms with Crippen LogP contribution in [0.5, 0.6) is 0 Å². The van der Waals surface area contributed by atoms with E-state index in [0.29, 0.717) is 12.2 Å². The SMILES string of the molecule is CC(NC(=O)[C@@H]1C[C@@H]1C(=O)O)c1ncc[nH]1. The van der Waals surface area contributed by atoms with E-state index in [1.54, 1.807) is 19.3 Å². The second-order valence-electron chi connectivity index (χ2n) is 3.99. The molecule has 2 rings (SSSR count). The molecule has 3 atom stereocenters. The number of nitrogens with zero attached hydrogens (tertiary/aromatic N) is 1. The molecule has 1 unspecified atom stereocenters. The van der Waals surface area contributed by atoms with Gasteiger partial charge in [0, 0.05) is 12.4 Å². The Labute approximate surface area is 92.1 Å². The molecule has 1 heterocycles. The van der Waals surface area contributed by atoms with Gasteiger partial charge in [0.05, 0.1) is 17.9 Å². The zero-order chi connectivity index (χ0) is 11.7. The van der Waals surface area contributed by atoms with Gasteiger partial charge in [-0.2, -0.15) is 0 Å². The van der Waals surface area contributed by atoms with Gasteiger partial charge in [-0.05, 0) is 13.3 Å². The quantitative estimate of drug-likeness (QED) is 0.684. The van der Waals surface area contributed by atoms with Crippen LogP contribution < -0.4 is 5.32 Å². The average molecular weight is 223 g/mol. The van der Waals surface area contributed by atoms with E-state index in [9.17, 15) is 9.59 Å². The van der Waals surface area contributed by atoms with Gasteiger partial charge in [-0.15, -0.1) is 0 Å². The van der Waals surface area contributed by atoms with Crippen LogP contribution in [0.25, 0.3) is 0 Å². The minimum absolute atomic E-state index is 0.212. The summed E-state index contributed by atoms with van der Waals surface area (Å²) in [6.45, 7) is 1.80. The summed E-state index contributed by atoms with van der Waals surface area (Å²) in [7, 11) is 0. The number of aliphatic carboxylic acids is 1. The molecule has 3 N–H and O–H groups in total. The van der Waals surface area contributed by atoms with E-state index in [2.05, 4.69) is 15.3 Å². The Balaban J connectivity index is 1.87. The number of carboxylic acid groups (broad SMARTS) is 1. The lowest BCUT2D eigenvalue weighted by Crippen LogP contribution is -2.29. The molecule has 0 aromatic carbocycles. The van der Waals surface area contributed by atoms with Crippen molar-refractivity contribution >= 4 is 11.9 Å². The highest BCUT2D eigenvalue weighted by molar-refractivity contribution is 5.89. The van der Waals surface area contributed by atoms with Gasteiger partial charge in [-0.1, -0.05) is 0 Å². The third-order valence-electron chi connectivity index (χ3n) is 2.73. The molecule has 6 nitrogen and oxygen atoms in total. The zero-order valence-electron chi connectivity index (χ0n) is 8.80. The summed E-state index contributed by atoms with van der Waals surface area (Å²) in [4.78, 5) is 29.1. The number of carbonyl (C=O) groups is 2. The number of amides is 1. The maximum atomic E-state index is 11.6. The average Bonchev–Trinajstić information content (AvgIpc) is 2.85. The number of nitrogens with one attached hydrogen (secondary N) is 2. The second kappa shape index (κ2) is 3.96. The Kier molecular flexibility index (Phi) is 2.64. The molecule has 1 saturated carbocycles. The minimum Gasteiger partial charge on any atom is -0.481 e. The van der Waals surface area contributed by atoms with Crippen LogP contribution >= 0.6 is 0 Å². The first-order chi connectivity index (χ1) is 7.59. The molecule has 1 amide bonds. The summed E-state index contributed by atoms with van der Waals surface area (Å²) in [5.41, 5.74) is 0. The molecule has 6 heteroatoms. The van der Waals surface area contributed by atoms with Crippen molar-refractivity contribution in [2.45, 2.75) is 19.4 Å². The molecule has 0 bridgehead atoms. The highest BCUT2D eigenvalue weighted by Crippen LogP contribution is 2.39. The number of hydrogen-bond acceptors (Lipinski definition) is 3. The third kappa shape index (κ3) is 2.05. The van der Waals surface area contributed by atoms with Gasteiger partial charge >= 0.3 is 5.97 Å². The van der Waals surface area contributed by atoms with Crippen LogP contribution in [0.1, 0.15) is 25.2 Å². The van der Waals surface area contributed by atoms with Gasteiger partial charge in [0.2, 0.25) is 5.91 Å². The molecule has 0 aliphatic heterocycles. The first kappa shape index (κ1) is 10.7. The molecular weight excluding hydrogens is 210 g/mol. The van der Waals surface area contributed by atoms with E-state index in [-0.39, 0.29) is 17.9 Å². The Morgan fingerprint density at radius 2 is 2.38 bits per heavy atom. The normalized spacial score (nSPS) is 24.8. The van der Waals surface area contributed by atoms with Crippen LogP contribution in [0.15, 0.2) is 12.4 Å². The number of imidazole rings is 1. The van der Waals surface area contributed by atoms with Crippen LogP contribution in [0.3, 0.4) is 0 Å². The van der Waals surface area contributed by atoms with Crippen molar-refractivity contribution in [3.63, 3.8) is 0 Å². The highest BCUT2D eigenvalue weighted by Gasteiger charge is 2.48.